The third-order valence-corrected chi connectivity index (χ3v) is 2.25. The van der Waals surface area contributed by atoms with Crippen molar-refractivity contribution < 1.29 is 0 Å². The number of likely N-dealkylation sites (N-methyl/N-ethyl adjacent to an activating group) is 1. The van der Waals surface area contributed by atoms with Gasteiger partial charge in [-0.15, -0.1) is 0 Å². The molecule has 1 aromatic rings. The summed E-state index contributed by atoms with van der Waals surface area (Å²) in [6.45, 7) is 8.36. The summed E-state index contributed by atoms with van der Waals surface area (Å²) in [5, 5.41) is 3.42. The van der Waals surface area contributed by atoms with E-state index in [1.807, 2.05) is 6.07 Å². The number of nitrogens with one attached hydrogen (secondary N) is 1. The second kappa shape index (κ2) is 7.30. The molecule has 16 heavy (non-hydrogen) atoms. The lowest BCUT2D eigenvalue weighted by atomic mass is 10.2. The second-order valence-electron chi connectivity index (χ2n) is 4.50. The molecule has 0 fully saturated rings. The smallest absolute Gasteiger partial charge is 0.142 e. The van der Waals surface area contributed by atoms with Gasteiger partial charge >= 0.3 is 0 Å². The van der Waals surface area contributed by atoms with Gasteiger partial charge in [0.1, 0.15) is 5.82 Å². The molecule has 0 radical (unpaired) electrons. The first-order valence-electron chi connectivity index (χ1n) is 5.83. The van der Waals surface area contributed by atoms with E-state index in [1.165, 1.54) is 0 Å². The van der Waals surface area contributed by atoms with Gasteiger partial charge in [0.25, 0.3) is 0 Å². The number of hydrogen-bond acceptors (Lipinski definition) is 4. The van der Waals surface area contributed by atoms with Crippen molar-refractivity contribution in [1.82, 2.24) is 20.2 Å². The van der Waals surface area contributed by atoms with Crippen LogP contribution in [0.2, 0.25) is 0 Å². The van der Waals surface area contributed by atoms with E-state index in [9.17, 15) is 0 Å². The first-order valence-corrected chi connectivity index (χ1v) is 5.83. The lowest BCUT2D eigenvalue weighted by Crippen LogP contribution is -2.31. The highest BCUT2D eigenvalue weighted by molar-refractivity contribution is 4.87. The summed E-state index contributed by atoms with van der Waals surface area (Å²) in [6, 6.07) is 1.84. The Hall–Kier alpha value is -1.00. The molecule has 0 aliphatic heterocycles. The predicted octanol–water partition coefficient (Wildman–Crippen LogP) is 1.15. The van der Waals surface area contributed by atoms with E-state index in [0.29, 0.717) is 5.92 Å². The summed E-state index contributed by atoms with van der Waals surface area (Å²) >= 11 is 0. The zero-order chi connectivity index (χ0) is 11.8. The third kappa shape index (κ3) is 5.78. The topological polar surface area (TPSA) is 41.0 Å². The Bertz CT molecular complexity index is 274. The molecule has 1 heterocycles. The predicted molar refractivity (Wildman–Crippen MR) is 66.1 cm³/mol. The van der Waals surface area contributed by atoms with E-state index in [4.69, 9.17) is 0 Å². The van der Waals surface area contributed by atoms with Crippen LogP contribution in [0.3, 0.4) is 0 Å². The van der Waals surface area contributed by atoms with Gasteiger partial charge in [0.05, 0.1) is 6.54 Å². The van der Waals surface area contributed by atoms with Gasteiger partial charge in [-0.3, -0.25) is 4.90 Å². The first-order chi connectivity index (χ1) is 7.68. The Balaban J connectivity index is 2.14. The zero-order valence-corrected chi connectivity index (χ0v) is 10.5. The molecule has 0 saturated heterocycles. The average Bonchev–Trinajstić information content (AvgIpc) is 2.25. The molecular formula is C12H22N4. The zero-order valence-electron chi connectivity index (χ0n) is 10.5. The molecule has 90 valence electrons. The molecule has 0 bridgehead atoms. The van der Waals surface area contributed by atoms with Crippen LogP contribution in [0.25, 0.3) is 0 Å². The quantitative estimate of drug-likeness (QED) is 0.703. The highest BCUT2D eigenvalue weighted by Gasteiger charge is 2.01. The van der Waals surface area contributed by atoms with Crippen molar-refractivity contribution in [3.63, 3.8) is 0 Å². The molecule has 0 aliphatic carbocycles. The molecular weight excluding hydrogens is 200 g/mol. The minimum atomic E-state index is 0.711. The Morgan fingerprint density at radius 3 is 2.62 bits per heavy atom. The Morgan fingerprint density at radius 1 is 1.31 bits per heavy atom. The standard InChI is InChI=1S/C12H22N4/c1-11(2)9-13-7-8-16(3)10-12-14-5-4-6-15-12/h4-6,11,13H,7-10H2,1-3H3. The van der Waals surface area contributed by atoms with Crippen molar-refractivity contribution in [2.75, 3.05) is 26.7 Å². The molecule has 1 aromatic heterocycles. The molecule has 0 saturated carbocycles. The number of nitrogens with zero attached hydrogens (tertiary/aromatic N) is 3. The van der Waals surface area contributed by atoms with E-state index < -0.39 is 0 Å². The van der Waals surface area contributed by atoms with Crippen molar-refractivity contribution in [2.45, 2.75) is 20.4 Å². The van der Waals surface area contributed by atoms with Crippen LogP contribution in [0, 0.1) is 5.92 Å². The maximum Gasteiger partial charge on any atom is 0.142 e. The largest absolute Gasteiger partial charge is 0.315 e. The number of rotatable bonds is 7. The van der Waals surface area contributed by atoms with Crippen LogP contribution < -0.4 is 5.32 Å². The molecule has 0 unspecified atom stereocenters. The highest BCUT2D eigenvalue weighted by Crippen LogP contribution is 1.94. The van der Waals surface area contributed by atoms with Crippen molar-refractivity contribution in [3.05, 3.63) is 24.3 Å². The van der Waals surface area contributed by atoms with Crippen LogP contribution in [0.5, 0.6) is 0 Å². The van der Waals surface area contributed by atoms with E-state index in [-0.39, 0.29) is 0 Å². The Labute approximate surface area is 98.1 Å². The van der Waals surface area contributed by atoms with Crippen molar-refractivity contribution in [3.8, 4) is 0 Å². The van der Waals surface area contributed by atoms with Gasteiger partial charge in [-0.2, -0.15) is 0 Å². The van der Waals surface area contributed by atoms with Gasteiger partial charge in [-0.25, -0.2) is 9.97 Å². The summed E-state index contributed by atoms with van der Waals surface area (Å²) in [7, 11) is 2.09. The fourth-order valence-corrected chi connectivity index (χ4v) is 1.39. The number of hydrogen-bond donors (Lipinski definition) is 1. The van der Waals surface area contributed by atoms with Gasteiger partial charge in [-0.1, -0.05) is 13.8 Å². The van der Waals surface area contributed by atoms with Crippen LogP contribution in [0.4, 0.5) is 0 Å². The summed E-state index contributed by atoms with van der Waals surface area (Å²) in [5.41, 5.74) is 0. The van der Waals surface area contributed by atoms with Gasteiger partial charge in [0.15, 0.2) is 0 Å². The van der Waals surface area contributed by atoms with Crippen molar-refractivity contribution >= 4 is 0 Å². The molecule has 0 atom stereocenters. The maximum atomic E-state index is 4.20. The van der Waals surface area contributed by atoms with Gasteiger partial charge in [0.2, 0.25) is 0 Å². The van der Waals surface area contributed by atoms with Crippen LogP contribution >= 0.6 is 0 Å². The van der Waals surface area contributed by atoms with Crippen molar-refractivity contribution in [2.24, 2.45) is 5.92 Å². The maximum absolute atomic E-state index is 4.20. The van der Waals surface area contributed by atoms with Crippen LogP contribution in [0.1, 0.15) is 19.7 Å². The molecule has 0 aromatic carbocycles. The van der Waals surface area contributed by atoms with Gasteiger partial charge < -0.3 is 5.32 Å². The summed E-state index contributed by atoms with van der Waals surface area (Å²) in [6.07, 6.45) is 3.57. The second-order valence-corrected chi connectivity index (χ2v) is 4.50. The normalized spacial score (nSPS) is 11.3. The molecule has 0 aliphatic rings. The van der Waals surface area contributed by atoms with E-state index >= 15 is 0 Å². The minimum Gasteiger partial charge on any atom is -0.315 e. The van der Waals surface area contributed by atoms with Gasteiger partial charge in [-0.05, 0) is 25.6 Å². The molecule has 1 rings (SSSR count). The van der Waals surface area contributed by atoms with Gasteiger partial charge in [0, 0.05) is 25.5 Å². The SMILES string of the molecule is CC(C)CNCCN(C)Cc1ncccn1. The first kappa shape index (κ1) is 13.1. The minimum absolute atomic E-state index is 0.711. The van der Waals surface area contributed by atoms with Crippen LogP contribution in [-0.4, -0.2) is 41.5 Å². The van der Waals surface area contributed by atoms with E-state index in [0.717, 1.165) is 32.0 Å². The van der Waals surface area contributed by atoms with Crippen LogP contribution in [-0.2, 0) is 6.54 Å². The lowest BCUT2D eigenvalue weighted by molar-refractivity contribution is 0.314. The summed E-state index contributed by atoms with van der Waals surface area (Å²) in [5.74, 6) is 1.59. The Morgan fingerprint density at radius 2 is 2.00 bits per heavy atom. The van der Waals surface area contributed by atoms with E-state index in [1.54, 1.807) is 12.4 Å². The third-order valence-electron chi connectivity index (χ3n) is 2.25. The summed E-state index contributed by atoms with van der Waals surface area (Å²) < 4.78 is 0. The fourth-order valence-electron chi connectivity index (χ4n) is 1.39. The highest BCUT2D eigenvalue weighted by atomic mass is 15.1. The molecule has 4 nitrogen and oxygen atoms in total. The molecule has 1 N–H and O–H groups in total. The molecule has 4 heteroatoms. The van der Waals surface area contributed by atoms with E-state index in [2.05, 4.69) is 41.1 Å². The number of aromatic nitrogens is 2. The molecule has 0 spiro atoms. The Kier molecular flexibility index (Phi) is 5.96. The lowest BCUT2D eigenvalue weighted by Gasteiger charge is -2.16. The van der Waals surface area contributed by atoms with Crippen molar-refractivity contribution in [1.29, 1.82) is 0 Å². The fraction of sp³-hybridized carbons (Fsp3) is 0.667. The average molecular weight is 222 g/mol. The van der Waals surface area contributed by atoms with Crippen LogP contribution in [0.15, 0.2) is 18.5 Å². The summed E-state index contributed by atoms with van der Waals surface area (Å²) in [4.78, 5) is 10.6. The monoisotopic (exact) mass is 222 g/mol. The molecule has 0 amide bonds.